The lowest BCUT2D eigenvalue weighted by atomic mass is 10.0. The van der Waals surface area contributed by atoms with E-state index in [1.807, 2.05) is 86.1 Å². The Morgan fingerprint density at radius 1 is 1.00 bits per heavy atom. The summed E-state index contributed by atoms with van der Waals surface area (Å²) in [7, 11) is 0. The minimum Gasteiger partial charge on any atom is -0.305 e. The van der Waals surface area contributed by atoms with E-state index in [1.54, 1.807) is 6.20 Å². The number of aromatic nitrogens is 5. The van der Waals surface area contributed by atoms with Gasteiger partial charge in [-0.05, 0) is 44.5 Å². The highest BCUT2D eigenvalue weighted by molar-refractivity contribution is 6.12. The van der Waals surface area contributed by atoms with E-state index in [-0.39, 0.29) is 11.9 Å². The zero-order valence-corrected chi connectivity index (χ0v) is 18.1. The van der Waals surface area contributed by atoms with Gasteiger partial charge in [0.25, 0.3) is 5.91 Å². The van der Waals surface area contributed by atoms with Gasteiger partial charge in [-0.15, -0.1) is 10.2 Å². The molecule has 0 aliphatic heterocycles. The van der Waals surface area contributed by atoms with Crippen LogP contribution in [0, 0.1) is 6.92 Å². The summed E-state index contributed by atoms with van der Waals surface area (Å²) in [6.07, 6.45) is 1.70. The number of rotatable bonds is 4. The first-order valence-corrected chi connectivity index (χ1v) is 10.5. The molecular formula is C25H22N6O. The molecule has 0 radical (unpaired) electrons. The fourth-order valence-corrected chi connectivity index (χ4v) is 3.81. The molecule has 3 aromatic heterocycles. The highest BCUT2D eigenvalue weighted by Crippen LogP contribution is 2.28. The van der Waals surface area contributed by atoms with Crippen LogP contribution >= 0.6 is 0 Å². The summed E-state index contributed by atoms with van der Waals surface area (Å²) in [5.41, 5.74) is 4.74. The van der Waals surface area contributed by atoms with Gasteiger partial charge in [0.1, 0.15) is 0 Å². The number of amides is 1. The maximum atomic E-state index is 13.4. The molecule has 1 N–H and O–H groups in total. The first-order chi connectivity index (χ1) is 15.5. The van der Waals surface area contributed by atoms with Crippen LogP contribution in [-0.2, 0) is 0 Å². The van der Waals surface area contributed by atoms with Gasteiger partial charge in [0.2, 0.25) is 0 Å². The first-order valence-electron chi connectivity index (χ1n) is 10.5. The highest BCUT2D eigenvalue weighted by atomic mass is 16.1. The molecule has 0 aliphatic carbocycles. The predicted octanol–water partition coefficient (Wildman–Crippen LogP) is 5.18. The van der Waals surface area contributed by atoms with Gasteiger partial charge in [0.15, 0.2) is 11.5 Å². The summed E-state index contributed by atoms with van der Waals surface area (Å²) in [5, 5.41) is 17.4. The van der Waals surface area contributed by atoms with Crippen LogP contribution in [0.1, 0.15) is 35.8 Å². The molecule has 0 saturated heterocycles. The zero-order valence-electron chi connectivity index (χ0n) is 18.1. The Balaban J connectivity index is 1.62. The Labute approximate surface area is 185 Å². The number of aryl methyl sites for hydroxylation is 1. The highest BCUT2D eigenvalue weighted by Gasteiger charge is 2.19. The number of anilines is 1. The van der Waals surface area contributed by atoms with Crippen molar-refractivity contribution in [2.24, 2.45) is 0 Å². The first kappa shape index (κ1) is 19.8. The fourth-order valence-electron chi connectivity index (χ4n) is 3.81. The standard InChI is InChI=1S/C25H22N6O/c1-15(2)31-24-20(14-26-31)19(13-22(27-24)18-10-6-4-8-16(18)3)25(32)28-23-12-17-9-5-7-11-21(17)29-30-23/h4-15H,1-3H3,(H,28,30,32). The monoisotopic (exact) mass is 422 g/mol. The summed E-state index contributed by atoms with van der Waals surface area (Å²) in [6, 6.07) is 19.4. The molecule has 158 valence electrons. The van der Waals surface area contributed by atoms with Gasteiger partial charge in [-0.25, -0.2) is 9.67 Å². The number of carbonyl (C=O) groups excluding carboxylic acids is 1. The quantitative estimate of drug-likeness (QED) is 0.431. The summed E-state index contributed by atoms with van der Waals surface area (Å²) in [4.78, 5) is 18.2. The van der Waals surface area contributed by atoms with E-state index < -0.39 is 0 Å². The van der Waals surface area contributed by atoms with Crippen LogP contribution in [0.2, 0.25) is 0 Å². The lowest BCUT2D eigenvalue weighted by Crippen LogP contribution is -2.15. The van der Waals surface area contributed by atoms with Gasteiger partial charge >= 0.3 is 0 Å². The largest absolute Gasteiger partial charge is 0.305 e. The van der Waals surface area contributed by atoms with Crippen molar-refractivity contribution in [2.75, 3.05) is 5.32 Å². The molecule has 2 aromatic carbocycles. The molecule has 7 nitrogen and oxygen atoms in total. The maximum Gasteiger partial charge on any atom is 0.257 e. The third kappa shape index (κ3) is 3.47. The fraction of sp³-hybridized carbons (Fsp3) is 0.160. The predicted molar refractivity (Wildman–Crippen MR) is 126 cm³/mol. The van der Waals surface area contributed by atoms with Gasteiger partial charge in [0.05, 0.1) is 28.4 Å². The van der Waals surface area contributed by atoms with Crippen LogP contribution in [0.3, 0.4) is 0 Å². The molecule has 0 aliphatic rings. The van der Waals surface area contributed by atoms with E-state index in [9.17, 15) is 4.79 Å². The summed E-state index contributed by atoms with van der Waals surface area (Å²) < 4.78 is 1.84. The number of pyridine rings is 1. The van der Waals surface area contributed by atoms with Crippen molar-refractivity contribution in [2.45, 2.75) is 26.8 Å². The van der Waals surface area contributed by atoms with Gasteiger partial charge in [-0.3, -0.25) is 4.79 Å². The smallest absolute Gasteiger partial charge is 0.257 e. The summed E-state index contributed by atoms with van der Waals surface area (Å²) in [6.45, 7) is 6.11. The molecule has 0 bridgehead atoms. The van der Waals surface area contributed by atoms with Gasteiger partial charge in [-0.2, -0.15) is 5.10 Å². The average molecular weight is 422 g/mol. The van der Waals surface area contributed by atoms with E-state index in [1.165, 1.54) is 0 Å². The second-order valence-electron chi connectivity index (χ2n) is 8.03. The molecule has 0 saturated carbocycles. The molecule has 0 atom stereocenters. The maximum absolute atomic E-state index is 13.4. The Morgan fingerprint density at radius 3 is 2.59 bits per heavy atom. The number of hydrogen-bond acceptors (Lipinski definition) is 5. The van der Waals surface area contributed by atoms with Gasteiger partial charge in [-0.1, -0.05) is 42.5 Å². The minimum absolute atomic E-state index is 0.106. The normalized spacial score (nSPS) is 11.4. The van der Waals surface area contributed by atoms with Crippen LogP contribution in [0.15, 0.2) is 66.9 Å². The number of nitrogens with zero attached hydrogens (tertiary/aromatic N) is 5. The molecule has 0 spiro atoms. The Bertz CT molecular complexity index is 1470. The summed E-state index contributed by atoms with van der Waals surface area (Å²) in [5.74, 6) is 0.118. The van der Waals surface area contributed by atoms with Gasteiger partial charge in [0, 0.05) is 17.0 Å². The molecule has 7 heteroatoms. The van der Waals surface area contributed by atoms with E-state index in [4.69, 9.17) is 4.98 Å². The third-order valence-electron chi connectivity index (χ3n) is 5.46. The summed E-state index contributed by atoms with van der Waals surface area (Å²) >= 11 is 0. The zero-order chi connectivity index (χ0) is 22.2. The van der Waals surface area contributed by atoms with Crippen molar-refractivity contribution in [1.29, 1.82) is 0 Å². The third-order valence-corrected chi connectivity index (χ3v) is 5.46. The van der Waals surface area contributed by atoms with Crippen LogP contribution in [0.25, 0.3) is 33.2 Å². The molecule has 5 rings (SSSR count). The minimum atomic E-state index is -0.278. The lowest BCUT2D eigenvalue weighted by Gasteiger charge is -2.12. The van der Waals surface area contributed by atoms with Crippen molar-refractivity contribution >= 4 is 33.7 Å². The number of fused-ring (bicyclic) bond motifs is 2. The molecule has 3 heterocycles. The van der Waals surface area contributed by atoms with Crippen molar-refractivity contribution in [3.63, 3.8) is 0 Å². The van der Waals surface area contributed by atoms with Crippen molar-refractivity contribution < 1.29 is 4.79 Å². The number of hydrogen-bond donors (Lipinski definition) is 1. The number of nitrogens with one attached hydrogen (secondary N) is 1. The van der Waals surface area contributed by atoms with Crippen LogP contribution < -0.4 is 5.32 Å². The average Bonchev–Trinajstić information content (AvgIpc) is 3.23. The lowest BCUT2D eigenvalue weighted by molar-refractivity contribution is 0.102. The van der Waals surface area contributed by atoms with E-state index in [0.29, 0.717) is 22.4 Å². The van der Waals surface area contributed by atoms with Crippen LogP contribution in [-0.4, -0.2) is 30.9 Å². The Morgan fingerprint density at radius 2 is 1.78 bits per heavy atom. The van der Waals surface area contributed by atoms with E-state index in [0.717, 1.165) is 27.7 Å². The Kier molecular flexibility index (Phi) is 4.86. The number of carbonyl (C=O) groups is 1. The second kappa shape index (κ2) is 7.85. The second-order valence-corrected chi connectivity index (χ2v) is 8.03. The Hall–Kier alpha value is -4.13. The molecule has 32 heavy (non-hydrogen) atoms. The van der Waals surface area contributed by atoms with Gasteiger partial charge < -0.3 is 5.32 Å². The SMILES string of the molecule is Cc1ccccc1-c1cc(C(=O)Nc2cc3ccccc3nn2)c2cnn(C(C)C)c2n1. The molecule has 1 amide bonds. The van der Waals surface area contributed by atoms with E-state index >= 15 is 0 Å². The molecular weight excluding hydrogens is 400 g/mol. The topological polar surface area (TPSA) is 85.6 Å². The van der Waals surface area contributed by atoms with E-state index in [2.05, 4.69) is 20.6 Å². The molecule has 0 unspecified atom stereocenters. The van der Waals surface area contributed by atoms with Crippen molar-refractivity contribution in [3.8, 4) is 11.3 Å². The number of benzene rings is 2. The van der Waals surface area contributed by atoms with Crippen molar-refractivity contribution in [3.05, 3.63) is 78.0 Å². The molecule has 0 fully saturated rings. The molecule has 5 aromatic rings. The van der Waals surface area contributed by atoms with Crippen LogP contribution in [0.5, 0.6) is 0 Å². The van der Waals surface area contributed by atoms with Crippen LogP contribution in [0.4, 0.5) is 5.82 Å². The van der Waals surface area contributed by atoms with Crippen molar-refractivity contribution in [1.82, 2.24) is 25.0 Å².